The van der Waals surface area contributed by atoms with Crippen LogP contribution in [0.5, 0.6) is 5.75 Å². The molecule has 1 aromatic carbocycles. The molecule has 2 rings (SSSR count). The van der Waals surface area contributed by atoms with E-state index in [0.717, 1.165) is 17.5 Å². The lowest BCUT2D eigenvalue weighted by Gasteiger charge is -2.08. The van der Waals surface area contributed by atoms with Crippen LogP contribution in [0.1, 0.15) is 22.3 Å². The van der Waals surface area contributed by atoms with E-state index in [1.165, 1.54) is 0 Å². The minimum atomic E-state index is 0.111. The molecule has 1 aliphatic carbocycles. The maximum absolute atomic E-state index is 12.3. The van der Waals surface area contributed by atoms with E-state index in [4.69, 9.17) is 10.5 Å². The summed E-state index contributed by atoms with van der Waals surface area (Å²) in [5, 5.41) is 0. The molecule has 90 valence electrons. The van der Waals surface area contributed by atoms with Crippen LogP contribution >= 0.6 is 0 Å². The smallest absolute Gasteiger partial charge is 0.163 e. The molecular weight excluding hydrogens is 221 g/mol. The van der Waals surface area contributed by atoms with Crippen molar-refractivity contribution < 1.29 is 13.9 Å². The second kappa shape index (κ2) is 5.10. The standard InChI is InChI=1S/C13H14FNO2/c14-6-9(7-15)8-17-11-3-1-10-2-4-13(16)12(10)5-11/h1,3,5-6H,2,4,7-8,15H2. The first kappa shape index (κ1) is 11.8. The average molecular weight is 235 g/mol. The Hall–Kier alpha value is -1.68. The predicted octanol–water partition coefficient (Wildman–Crippen LogP) is 2.01. The molecule has 0 heterocycles. The zero-order chi connectivity index (χ0) is 12.3. The van der Waals surface area contributed by atoms with E-state index < -0.39 is 0 Å². The Kier molecular flexibility index (Phi) is 3.54. The molecule has 0 aliphatic heterocycles. The maximum atomic E-state index is 12.3. The third-order valence-corrected chi connectivity index (χ3v) is 2.84. The summed E-state index contributed by atoms with van der Waals surface area (Å²) in [6, 6.07) is 5.40. The van der Waals surface area contributed by atoms with Gasteiger partial charge in [-0.25, -0.2) is 4.39 Å². The molecular formula is C13H14FNO2. The van der Waals surface area contributed by atoms with E-state index in [2.05, 4.69) is 0 Å². The van der Waals surface area contributed by atoms with Gasteiger partial charge in [0.1, 0.15) is 12.4 Å². The highest BCUT2D eigenvalue weighted by molar-refractivity contribution is 6.00. The number of ketones is 1. The molecule has 1 aliphatic rings. The second-order valence-corrected chi connectivity index (χ2v) is 4.00. The van der Waals surface area contributed by atoms with Crippen molar-refractivity contribution >= 4 is 5.78 Å². The van der Waals surface area contributed by atoms with Gasteiger partial charge in [0.2, 0.25) is 0 Å². The highest BCUT2D eigenvalue weighted by atomic mass is 19.1. The Labute approximate surface area is 99.1 Å². The summed E-state index contributed by atoms with van der Waals surface area (Å²) in [4.78, 5) is 11.5. The topological polar surface area (TPSA) is 52.3 Å². The fourth-order valence-electron chi connectivity index (χ4n) is 1.82. The summed E-state index contributed by atoms with van der Waals surface area (Å²) in [6.07, 6.45) is 1.82. The van der Waals surface area contributed by atoms with Crippen molar-refractivity contribution in [3.8, 4) is 5.75 Å². The zero-order valence-electron chi connectivity index (χ0n) is 9.41. The number of halogens is 1. The summed E-state index contributed by atoms with van der Waals surface area (Å²) in [6.45, 7) is 0.236. The quantitative estimate of drug-likeness (QED) is 0.868. The molecule has 0 bridgehead atoms. The lowest BCUT2D eigenvalue weighted by atomic mass is 10.1. The number of carbonyl (C=O) groups excluding carboxylic acids is 1. The van der Waals surface area contributed by atoms with Crippen molar-refractivity contribution in [2.75, 3.05) is 13.2 Å². The summed E-state index contributed by atoms with van der Waals surface area (Å²) in [7, 11) is 0. The number of hydrogen-bond acceptors (Lipinski definition) is 3. The van der Waals surface area contributed by atoms with Gasteiger partial charge in [0, 0.05) is 24.1 Å². The summed E-state index contributed by atoms with van der Waals surface area (Å²) in [5.41, 5.74) is 7.48. The number of aryl methyl sites for hydroxylation is 1. The second-order valence-electron chi connectivity index (χ2n) is 4.00. The number of hydrogen-bond donors (Lipinski definition) is 1. The molecule has 2 N–H and O–H groups in total. The monoisotopic (exact) mass is 235 g/mol. The summed E-state index contributed by atoms with van der Waals surface area (Å²) in [5.74, 6) is 0.720. The van der Waals surface area contributed by atoms with Crippen molar-refractivity contribution in [2.24, 2.45) is 5.73 Å². The van der Waals surface area contributed by atoms with Crippen LogP contribution in [0.25, 0.3) is 0 Å². The molecule has 0 amide bonds. The van der Waals surface area contributed by atoms with Gasteiger partial charge >= 0.3 is 0 Å². The van der Waals surface area contributed by atoms with Gasteiger partial charge < -0.3 is 10.5 Å². The number of nitrogens with two attached hydrogens (primary N) is 1. The van der Waals surface area contributed by atoms with E-state index in [-0.39, 0.29) is 18.9 Å². The molecule has 1 aromatic rings. The van der Waals surface area contributed by atoms with Crippen LogP contribution in [0.3, 0.4) is 0 Å². The molecule has 0 saturated carbocycles. The molecule has 0 radical (unpaired) electrons. The van der Waals surface area contributed by atoms with Gasteiger partial charge in [-0.1, -0.05) is 6.07 Å². The molecule has 0 fully saturated rings. The van der Waals surface area contributed by atoms with Crippen molar-refractivity contribution in [1.82, 2.24) is 0 Å². The fourth-order valence-corrected chi connectivity index (χ4v) is 1.82. The first-order valence-corrected chi connectivity index (χ1v) is 5.51. The molecule has 0 spiro atoms. The van der Waals surface area contributed by atoms with Crippen molar-refractivity contribution in [1.29, 1.82) is 0 Å². The van der Waals surface area contributed by atoms with Crippen LogP contribution in [0.4, 0.5) is 4.39 Å². The first-order chi connectivity index (χ1) is 8.24. The van der Waals surface area contributed by atoms with Gasteiger partial charge in [0.15, 0.2) is 5.78 Å². The van der Waals surface area contributed by atoms with Gasteiger partial charge in [-0.3, -0.25) is 4.79 Å². The molecule has 0 unspecified atom stereocenters. The Morgan fingerprint density at radius 2 is 2.29 bits per heavy atom. The van der Waals surface area contributed by atoms with Crippen LogP contribution in [-0.4, -0.2) is 18.9 Å². The Morgan fingerprint density at radius 1 is 1.47 bits per heavy atom. The van der Waals surface area contributed by atoms with E-state index in [9.17, 15) is 9.18 Å². The van der Waals surface area contributed by atoms with Crippen molar-refractivity contribution in [3.05, 3.63) is 41.2 Å². The van der Waals surface area contributed by atoms with E-state index in [1.54, 1.807) is 12.1 Å². The molecule has 17 heavy (non-hydrogen) atoms. The number of fused-ring (bicyclic) bond motifs is 1. The third kappa shape index (κ3) is 2.53. The lowest BCUT2D eigenvalue weighted by Crippen LogP contribution is -2.10. The maximum Gasteiger partial charge on any atom is 0.163 e. The Morgan fingerprint density at radius 3 is 3.00 bits per heavy atom. The minimum absolute atomic E-state index is 0.111. The van der Waals surface area contributed by atoms with Gasteiger partial charge in [0.05, 0.1) is 6.33 Å². The van der Waals surface area contributed by atoms with Gasteiger partial charge in [-0.05, 0) is 24.1 Å². The minimum Gasteiger partial charge on any atom is -0.489 e. The zero-order valence-corrected chi connectivity index (χ0v) is 9.41. The largest absolute Gasteiger partial charge is 0.489 e. The van der Waals surface area contributed by atoms with Crippen molar-refractivity contribution in [2.45, 2.75) is 12.8 Å². The summed E-state index contributed by atoms with van der Waals surface area (Å²) < 4.78 is 17.6. The number of ether oxygens (including phenoxy) is 1. The lowest BCUT2D eigenvalue weighted by molar-refractivity contribution is 0.0994. The number of rotatable bonds is 4. The average Bonchev–Trinajstić information content (AvgIpc) is 2.72. The predicted molar refractivity (Wildman–Crippen MR) is 62.8 cm³/mol. The third-order valence-electron chi connectivity index (χ3n) is 2.84. The molecule has 3 nitrogen and oxygen atoms in total. The van der Waals surface area contributed by atoms with Gasteiger partial charge in [0.25, 0.3) is 0 Å². The number of carbonyl (C=O) groups is 1. The van der Waals surface area contributed by atoms with Gasteiger partial charge in [-0.2, -0.15) is 0 Å². The molecule has 4 heteroatoms. The van der Waals surface area contributed by atoms with Gasteiger partial charge in [-0.15, -0.1) is 0 Å². The molecule has 0 saturated heterocycles. The van der Waals surface area contributed by atoms with Crippen LogP contribution in [0.2, 0.25) is 0 Å². The van der Waals surface area contributed by atoms with E-state index in [0.29, 0.717) is 24.1 Å². The SMILES string of the molecule is NCC(=CF)COc1ccc2c(c1)C(=O)CC2. The first-order valence-electron chi connectivity index (χ1n) is 5.51. The Balaban J connectivity index is 2.08. The molecule has 0 atom stereocenters. The highest BCUT2D eigenvalue weighted by Gasteiger charge is 2.19. The Bertz CT molecular complexity index is 468. The van der Waals surface area contributed by atoms with Crippen molar-refractivity contribution in [3.63, 3.8) is 0 Å². The van der Waals surface area contributed by atoms with Crippen LogP contribution < -0.4 is 10.5 Å². The van der Waals surface area contributed by atoms with E-state index in [1.807, 2.05) is 6.07 Å². The highest BCUT2D eigenvalue weighted by Crippen LogP contribution is 2.26. The number of Topliss-reactive ketones (excluding diaryl/α,β-unsaturated/α-hetero) is 1. The summed E-state index contributed by atoms with van der Waals surface area (Å²) >= 11 is 0. The van der Waals surface area contributed by atoms with E-state index >= 15 is 0 Å². The number of benzene rings is 1. The van der Waals surface area contributed by atoms with Crippen LogP contribution in [0, 0.1) is 0 Å². The molecule has 0 aromatic heterocycles. The fraction of sp³-hybridized carbons (Fsp3) is 0.308. The van der Waals surface area contributed by atoms with Crippen LogP contribution in [0.15, 0.2) is 30.1 Å². The van der Waals surface area contributed by atoms with Crippen LogP contribution in [-0.2, 0) is 6.42 Å². The normalized spacial score (nSPS) is 14.9.